The van der Waals surface area contributed by atoms with Crippen LogP contribution >= 0.6 is 11.6 Å². The van der Waals surface area contributed by atoms with Crippen molar-refractivity contribution in [2.24, 2.45) is 0 Å². The van der Waals surface area contributed by atoms with Crippen LogP contribution in [0, 0.1) is 6.92 Å². The third-order valence-corrected chi connectivity index (χ3v) is 4.88. The van der Waals surface area contributed by atoms with Crippen LogP contribution in [0.5, 0.6) is 0 Å². The second-order valence-electron chi connectivity index (χ2n) is 6.55. The van der Waals surface area contributed by atoms with Crippen LogP contribution < -0.4 is 10.6 Å². The molecule has 26 heavy (non-hydrogen) atoms. The molecule has 6 nitrogen and oxygen atoms in total. The molecule has 1 saturated heterocycles. The molecule has 1 aliphatic rings. The van der Waals surface area contributed by atoms with Crippen LogP contribution in [0.4, 0.5) is 11.8 Å². The molecule has 1 aromatic heterocycles. The van der Waals surface area contributed by atoms with Crippen molar-refractivity contribution in [1.29, 1.82) is 0 Å². The van der Waals surface area contributed by atoms with E-state index in [1.54, 1.807) is 0 Å². The van der Waals surface area contributed by atoms with E-state index in [1.165, 1.54) is 0 Å². The number of aliphatic hydroxyl groups is 1. The number of nitrogens with zero attached hydrogens (tertiary/aromatic N) is 3. The molecule has 2 heterocycles. The van der Waals surface area contributed by atoms with Gasteiger partial charge in [-0.05, 0) is 43.4 Å². The summed E-state index contributed by atoms with van der Waals surface area (Å²) in [7, 11) is 0. The number of nitrogen functional groups attached to an aromatic ring is 1. The summed E-state index contributed by atoms with van der Waals surface area (Å²) in [6.07, 6.45) is 2.45. The summed E-state index contributed by atoms with van der Waals surface area (Å²) in [5, 5.41) is 9.81. The highest BCUT2D eigenvalue weighted by Crippen LogP contribution is 2.33. The minimum Gasteiger partial charge on any atom is -0.396 e. The normalized spacial score (nSPS) is 18.0. The maximum absolute atomic E-state index is 9.10. The Kier molecular flexibility index (Phi) is 6.29. The molecule has 2 aromatic rings. The zero-order valence-corrected chi connectivity index (χ0v) is 15.7. The second kappa shape index (κ2) is 8.66. The number of aromatic nitrogens is 2. The van der Waals surface area contributed by atoms with Crippen molar-refractivity contribution < 1.29 is 9.84 Å². The summed E-state index contributed by atoms with van der Waals surface area (Å²) in [5.41, 5.74) is 8.87. The van der Waals surface area contributed by atoms with Gasteiger partial charge in [-0.1, -0.05) is 23.7 Å². The molecular weight excluding hydrogens is 352 g/mol. The third-order valence-electron chi connectivity index (χ3n) is 4.53. The molecule has 1 fully saturated rings. The van der Waals surface area contributed by atoms with Gasteiger partial charge in [0.2, 0.25) is 5.95 Å². The standard InChI is InChI=1S/C19H25ClN4O2/c1-13-10-18(23-19(21)22-13)24-7-3-9-26-12-17(24)15-11-14(4-2-8-25)5-6-16(15)20/h5-6,10-11,17,25H,2-4,7-9,12H2,1H3,(H2,21,22,23)/t17-/m0/s1. The van der Waals surface area contributed by atoms with Crippen molar-refractivity contribution >= 4 is 23.4 Å². The largest absolute Gasteiger partial charge is 0.396 e. The molecule has 140 valence electrons. The van der Waals surface area contributed by atoms with E-state index in [2.05, 4.69) is 20.9 Å². The number of aliphatic hydroxyl groups excluding tert-OH is 1. The summed E-state index contributed by atoms with van der Waals surface area (Å²) in [6, 6.07) is 7.94. The van der Waals surface area contributed by atoms with Crippen LogP contribution in [0.1, 0.15) is 35.7 Å². The van der Waals surface area contributed by atoms with Gasteiger partial charge in [0.05, 0.1) is 12.6 Å². The van der Waals surface area contributed by atoms with Gasteiger partial charge in [0.1, 0.15) is 5.82 Å². The van der Waals surface area contributed by atoms with Crippen LogP contribution in [0.2, 0.25) is 5.02 Å². The maximum Gasteiger partial charge on any atom is 0.222 e. The minimum atomic E-state index is -0.0484. The van der Waals surface area contributed by atoms with Crippen molar-refractivity contribution in [1.82, 2.24) is 9.97 Å². The van der Waals surface area contributed by atoms with E-state index in [0.29, 0.717) is 18.2 Å². The van der Waals surface area contributed by atoms with Crippen LogP contribution in [0.25, 0.3) is 0 Å². The van der Waals surface area contributed by atoms with Gasteiger partial charge in [0.25, 0.3) is 0 Å². The van der Waals surface area contributed by atoms with Gasteiger partial charge in [-0.25, -0.2) is 4.98 Å². The first-order valence-corrected chi connectivity index (χ1v) is 9.31. The molecule has 0 amide bonds. The number of ether oxygens (including phenoxy) is 1. The summed E-state index contributed by atoms with van der Waals surface area (Å²) < 4.78 is 5.83. The average Bonchev–Trinajstić information content (AvgIpc) is 2.86. The average molecular weight is 377 g/mol. The molecule has 1 atom stereocenters. The molecule has 0 unspecified atom stereocenters. The fraction of sp³-hybridized carbons (Fsp3) is 0.474. The van der Waals surface area contributed by atoms with Gasteiger partial charge in [0.15, 0.2) is 0 Å². The van der Waals surface area contributed by atoms with E-state index in [1.807, 2.05) is 25.1 Å². The lowest BCUT2D eigenvalue weighted by atomic mass is 10.0. The maximum atomic E-state index is 9.10. The zero-order chi connectivity index (χ0) is 18.5. The Hall–Kier alpha value is -1.89. The number of benzene rings is 1. The lowest BCUT2D eigenvalue weighted by Gasteiger charge is -2.31. The number of aryl methyl sites for hydroxylation is 2. The number of nitrogens with two attached hydrogens (primary N) is 1. The molecule has 0 saturated carbocycles. The third kappa shape index (κ3) is 4.44. The Morgan fingerprint density at radius 2 is 2.19 bits per heavy atom. The molecule has 0 aliphatic carbocycles. The number of halogens is 1. The summed E-state index contributed by atoms with van der Waals surface area (Å²) in [6.45, 7) is 4.13. The smallest absolute Gasteiger partial charge is 0.222 e. The monoisotopic (exact) mass is 376 g/mol. The number of hydrogen-bond acceptors (Lipinski definition) is 6. The molecule has 0 bridgehead atoms. The molecular formula is C19H25ClN4O2. The Morgan fingerprint density at radius 3 is 2.96 bits per heavy atom. The van der Waals surface area contributed by atoms with Gasteiger partial charge in [-0.3, -0.25) is 0 Å². The van der Waals surface area contributed by atoms with Gasteiger partial charge >= 0.3 is 0 Å². The second-order valence-corrected chi connectivity index (χ2v) is 6.95. The first-order chi connectivity index (χ1) is 12.6. The molecule has 1 aliphatic heterocycles. The van der Waals surface area contributed by atoms with E-state index in [-0.39, 0.29) is 18.6 Å². The van der Waals surface area contributed by atoms with E-state index in [4.69, 9.17) is 27.2 Å². The van der Waals surface area contributed by atoms with E-state index in [0.717, 1.165) is 48.4 Å². The Bertz CT molecular complexity index is 736. The van der Waals surface area contributed by atoms with E-state index >= 15 is 0 Å². The van der Waals surface area contributed by atoms with E-state index < -0.39 is 0 Å². The highest BCUT2D eigenvalue weighted by molar-refractivity contribution is 6.31. The molecule has 0 spiro atoms. The summed E-state index contributed by atoms with van der Waals surface area (Å²) >= 11 is 6.54. The number of hydrogen-bond donors (Lipinski definition) is 2. The van der Waals surface area contributed by atoms with Crippen molar-refractivity contribution in [2.75, 3.05) is 37.0 Å². The Labute approximate surface area is 159 Å². The van der Waals surface area contributed by atoms with Gasteiger partial charge < -0.3 is 20.5 Å². The van der Waals surface area contributed by atoms with Crippen LogP contribution in [0.15, 0.2) is 24.3 Å². The fourth-order valence-corrected chi connectivity index (χ4v) is 3.56. The highest BCUT2D eigenvalue weighted by atomic mass is 35.5. The lowest BCUT2D eigenvalue weighted by molar-refractivity contribution is 0.134. The number of anilines is 2. The van der Waals surface area contributed by atoms with E-state index in [9.17, 15) is 0 Å². The van der Waals surface area contributed by atoms with Crippen molar-refractivity contribution in [3.05, 3.63) is 46.1 Å². The molecule has 3 rings (SSSR count). The topological polar surface area (TPSA) is 84.5 Å². The van der Waals surface area contributed by atoms with Gasteiger partial charge in [0, 0.05) is 36.5 Å². The van der Waals surface area contributed by atoms with Crippen LogP contribution in [0.3, 0.4) is 0 Å². The lowest BCUT2D eigenvalue weighted by Crippen LogP contribution is -2.32. The zero-order valence-electron chi connectivity index (χ0n) is 15.0. The summed E-state index contributed by atoms with van der Waals surface area (Å²) in [5.74, 6) is 1.06. The van der Waals surface area contributed by atoms with Crippen LogP contribution in [-0.4, -0.2) is 41.4 Å². The van der Waals surface area contributed by atoms with Crippen molar-refractivity contribution in [3.8, 4) is 0 Å². The predicted octanol–water partition coefficient (Wildman–Crippen LogP) is 2.91. The minimum absolute atomic E-state index is 0.0484. The quantitative estimate of drug-likeness (QED) is 0.834. The first-order valence-electron chi connectivity index (χ1n) is 8.93. The van der Waals surface area contributed by atoms with Gasteiger partial charge in [-0.2, -0.15) is 4.98 Å². The predicted molar refractivity (Wildman–Crippen MR) is 104 cm³/mol. The fourth-order valence-electron chi connectivity index (χ4n) is 3.32. The van der Waals surface area contributed by atoms with Crippen molar-refractivity contribution in [2.45, 2.75) is 32.2 Å². The molecule has 7 heteroatoms. The van der Waals surface area contributed by atoms with Crippen molar-refractivity contribution in [3.63, 3.8) is 0 Å². The van der Waals surface area contributed by atoms with Gasteiger partial charge in [-0.15, -0.1) is 0 Å². The van der Waals surface area contributed by atoms with Crippen LogP contribution in [-0.2, 0) is 11.2 Å². The SMILES string of the molecule is Cc1cc(N2CCCOC[C@H]2c2cc(CCCO)ccc2Cl)nc(N)n1. The Morgan fingerprint density at radius 1 is 1.35 bits per heavy atom. The number of rotatable bonds is 5. The summed E-state index contributed by atoms with van der Waals surface area (Å²) in [4.78, 5) is 10.8. The molecule has 0 radical (unpaired) electrons. The highest BCUT2D eigenvalue weighted by Gasteiger charge is 2.27. The first kappa shape index (κ1) is 18.9. The Balaban J connectivity index is 1.99. The molecule has 1 aromatic carbocycles. The molecule has 3 N–H and O–H groups in total.